The lowest BCUT2D eigenvalue weighted by Crippen LogP contribution is -2.37. The summed E-state index contributed by atoms with van der Waals surface area (Å²) in [5.74, 6) is 0.931. The largest absolute Gasteiger partial charge is 0.492 e. The summed E-state index contributed by atoms with van der Waals surface area (Å²) in [7, 11) is 1.80. The fourth-order valence-corrected chi connectivity index (χ4v) is 2.61. The van der Waals surface area contributed by atoms with E-state index in [1.165, 1.54) is 19.3 Å². The molecule has 0 heterocycles. The van der Waals surface area contributed by atoms with Crippen molar-refractivity contribution >= 4 is 5.69 Å². The molecule has 2 atom stereocenters. The summed E-state index contributed by atoms with van der Waals surface area (Å²) in [6.07, 6.45) is 5.16. The molecule has 0 radical (unpaired) electrons. The third-order valence-electron chi connectivity index (χ3n) is 3.53. The van der Waals surface area contributed by atoms with E-state index in [-0.39, 0.29) is 0 Å². The smallest absolute Gasteiger partial charge is 0.142 e. The number of anilines is 1. The lowest BCUT2D eigenvalue weighted by molar-refractivity contribution is 0.0605. The van der Waals surface area contributed by atoms with Crippen molar-refractivity contribution < 1.29 is 9.47 Å². The number of methoxy groups -OCH3 is 1. The highest BCUT2D eigenvalue weighted by Crippen LogP contribution is 2.29. The lowest BCUT2D eigenvalue weighted by Gasteiger charge is -2.32. The molecule has 2 unspecified atom stereocenters. The predicted molar refractivity (Wildman–Crippen MR) is 74.3 cm³/mol. The van der Waals surface area contributed by atoms with Crippen LogP contribution in [-0.4, -0.2) is 25.9 Å². The maximum atomic E-state index is 5.64. The first-order valence-corrected chi connectivity index (χ1v) is 6.86. The highest BCUT2D eigenvalue weighted by atomic mass is 16.5. The van der Waals surface area contributed by atoms with Crippen LogP contribution in [0.3, 0.4) is 0 Å². The van der Waals surface area contributed by atoms with Crippen molar-refractivity contribution in [2.75, 3.05) is 19.0 Å². The second-order valence-electron chi connectivity index (χ2n) is 4.74. The zero-order valence-corrected chi connectivity index (χ0v) is 11.3. The van der Waals surface area contributed by atoms with Crippen LogP contribution in [-0.2, 0) is 4.74 Å². The number of ether oxygens (including phenoxy) is 2. The van der Waals surface area contributed by atoms with Crippen LogP contribution < -0.4 is 10.1 Å². The Morgan fingerprint density at radius 3 is 2.78 bits per heavy atom. The lowest BCUT2D eigenvalue weighted by atomic mass is 9.92. The van der Waals surface area contributed by atoms with Gasteiger partial charge < -0.3 is 14.8 Å². The van der Waals surface area contributed by atoms with Gasteiger partial charge in [0.25, 0.3) is 0 Å². The van der Waals surface area contributed by atoms with E-state index in [4.69, 9.17) is 9.47 Å². The Bertz CT molecular complexity index is 367. The van der Waals surface area contributed by atoms with Gasteiger partial charge in [-0.1, -0.05) is 25.0 Å². The fourth-order valence-electron chi connectivity index (χ4n) is 2.61. The zero-order chi connectivity index (χ0) is 12.8. The average Bonchev–Trinajstić information content (AvgIpc) is 2.42. The normalized spacial score (nSPS) is 23.7. The van der Waals surface area contributed by atoms with Crippen LogP contribution in [0, 0.1) is 0 Å². The molecule has 1 saturated carbocycles. The zero-order valence-electron chi connectivity index (χ0n) is 11.3. The van der Waals surface area contributed by atoms with Crippen LogP contribution in [0.15, 0.2) is 24.3 Å². The van der Waals surface area contributed by atoms with E-state index < -0.39 is 0 Å². The molecule has 1 aliphatic rings. The molecule has 1 fully saturated rings. The van der Waals surface area contributed by atoms with Gasteiger partial charge in [0.05, 0.1) is 24.4 Å². The minimum absolute atomic E-state index is 0.313. The quantitative estimate of drug-likeness (QED) is 0.867. The van der Waals surface area contributed by atoms with Crippen LogP contribution in [0.5, 0.6) is 5.75 Å². The van der Waals surface area contributed by atoms with Crippen molar-refractivity contribution in [2.24, 2.45) is 0 Å². The van der Waals surface area contributed by atoms with Gasteiger partial charge in [-0.3, -0.25) is 0 Å². The maximum Gasteiger partial charge on any atom is 0.142 e. The standard InChI is InChI=1S/C15H23NO2/c1-3-18-15-11-7-5-9-13(15)16-12-8-4-6-10-14(12)17-2/h5,7,9,11-12,14,16H,3-4,6,8,10H2,1-2H3. The first-order valence-electron chi connectivity index (χ1n) is 6.86. The van der Waals surface area contributed by atoms with Crippen LogP contribution in [0.2, 0.25) is 0 Å². The summed E-state index contributed by atoms with van der Waals surface area (Å²) < 4.78 is 11.2. The Labute approximate surface area is 109 Å². The topological polar surface area (TPSA) is 30.5 Å². The molecule has 1 aliphatic carbocycles. The minimum Gasteiger partial charge on any atom is -0.492 e. The molecule has 0 amide bonds. The average molecular weight is 249 g/mol. The molecule has 0 aromatic heterocycles. The van der Waals surface area contributed by atoms with Crippen molar-refractivity contribution in [1.29, 1.82) is 0 Å². The summed E-state index contributed by atoms with van der Waals surface area (Å²) in [5.41, 5.74) is 1.08. The summed E-state index contributed by atoms with van der Waals surface area (Å²) in [5, 5.41) is 3.59. The van der Waals surface area contributed by atoms with E-state index in [0.29, 0.717) is 18.8 Å². The Hall–Kier alpha value is -1.22. The van der Waals surface area contributed by atoms with E-state index in [1.807, 2.05) is 25.1 Å². The molecule has 0 bridgehead atoms. The van der Waals surface area contributed by atoms with Crippen LogP contribution >= 0.6 is 0 Å². The molecule has 0 aliphatic heterocycles. The molecule has 18 heavy (non-hydrogen) atoms. The summed E-state index contributed by atoms with van der Waals surface area (Å²) in [6, 6.07) is 8.52. The SMILES string of the molecule is CCOc1ccccc1NC1CCCCC1OC. The molecule has 100 valence electrons. The Morgan fingerprint density at radius 2 is 2.00 bits per heavy atom. The maximum absolute atomic E-state index is 5.64. The first-order chi connectivity index (χ1) is 8.85. The van der Waals surface area contributed by atoms with Gasteiger partial charge in [-0.15, -0.1) is 0 Å². The van der Waals surface area contributed by atoms with Gasteiger partial charge in [-0.05, 0) is 31.9 Å². The second kappa shape index (κ2) is 6.64. The number of benzene rings is 1. The van der Waals surface area contributed by atoms with E-state index in [0.717, 1.165) is 17.9 Å². The third kappa shape index (κ3) is 3.16. The number of nitrogens with one attached hydrogen (secondary N) is 1. The Balaban J connectivity index is 2.07. The van der Waals surface area contributed by atoms with Crippen LogP contribution in [0.4, 0.5) is 5.69 Å². The molecular formula is C15H23NO2. The third-order valence-corrected chi connectivity index (χ3v) is 3.53. The van der Waals surface area contributed by atoms with E-state index in [9.17, 15) is 0 Å². The van der Waals surface area contributed by atoms with E-state index in [1.54, 1.807) is 7.11 Å². The van der Waals surface area contributed by atoms with Gasteiger partial charge in [0.1, 0.15) is 5.75 Å². The molecular weight excluding hydrogens is 226 g/mol. The Morgan fingerprint density at radius 1 is 1.22 bits per heavy atom. The molecule has 3 nitrogen and oxygen atoms in total. The van der Waals surface area contributed by atoms with Crippen molar-refractivity contribution in [3.8, 4) is 5.75 Å². The monoisotopic (exact) mass is 249 g/mol. The van der Waals surface area contributed by atoms with Gasteiger partial charge in [-0.2, -0.15) is 0 Å². The van der Waals surface area contributed by atoms with Crippen molar-refractivity contribution in [3.05, 3.63) is 24.3 Å². The number of hydrogen-bond acceptors (Lipinski definition) is 3. The summed E-state index contributed by atoms with van der Waals surface area (Å²) >= 11 is 0. The van der Waals surface area contributed by atoms with Gasteiger partial charge in [-0.25, -0.2) is 0 Å². The van der Waals surface area contributed by atoms with Gasteiger partial charge in [0, 0.05) is 7.11 Å². The number of rotatable bonds is 5. The Kier molecular flexibility index (Phi) is 4.88. The van der Waals surface area contributed by atoms with E-state index in [2.05, 4.69) is 11.4 Å². The first kappa shape index (κ1) is 13.2. The highest BCUT2D eigenvalue weighted by Gasteiger charge is 2.25. The summed E-state index contributed by atoms with van der Waals surface area (Å²) in [4.78, 5) is 0. The molecule has 2 rings (SSSR count). The molecule has 1 aromatic rings. The second-order valence-corrected chi connectivity index (χ2v) is 4.74. The van der Waals surface area contributed by atoms with Crippen LogP contribution in [0.1, 0.15) is 32.6 Å². The molecule has 0 spiro atoms. The van der Waals surface area contributed by atoms with Gasteiger partial charge in [0.15, 0.2) is 0 Å². The van der Waals surface area contributed by atoms with Crippen molar-refractivity contribution in [3.63, 3.8) is 0 Å². The minimum atomic E-state index is 0.313. The van der Waals surface area contributed by atoms with Crippen LogP contribution in [0.25, 0.3) is 0 Å². The van der Waals surface area contributed by atoms with E-state index >= 15 is 0 Å². The van der Waals surface area contributed by atoms with Crippen molar-refractivity contribution in [2.45, 2.75) is 44.8 Å². The van der Waals surface area contributed by atoms with Gasteiger partial charge >= 0.3 is 0 Å². The highest BCUT2D eigenvalue weighted by molar-refractivity contribution is 5.56. The molecule has 0 saturated heterocycles. The molecule has 1 aromatic carbocycles. The predicted octanol–water partition coefficient (Wildman–Crippen LogP) is 3.45. The summed E-state index contributed by atoms with van der Waals surface area (Å²) in [6.45, 7) is 2.70. The number of hydrogen-bond donors (Lipinski definition) is 1. The van der Waals surface area contributed by atoms with Crippen molar-refractivity contribution in [1.82, 2.24) is 0 Å². The molecule has 3 heteroatoms. The fraction of sp³-hybridized carbons (Fsp3) is 0.600. The van der Waals surface area contributed by atoms with Gasteiger partial charge in [0.2, 0.25) is 0 Å². The molecule has 1 N–H and O–H groups in total. The number of para-hydroxylation sites is 2.